The highest BCUT2D eigenvalue weighted by Crippen LogP contribution is 2.46. The predicted molar refractivity (Wildman–Crippen MR) is 145 cm³/mol. The van der Waals surface area contributed by atoms with Gasteiger partial charge in [0.05, 0.1) is 18.2 Å². The number of halogens is 4. The first kappa shape index (κ1) is 27.6. The molecule has 1 unspecified atom stereocenters. The minimum atomic E-state index is -4.91. The summed E-state index contributed by atoms with van der Waals surface area (Å²) in [5.74, 6) is 0.993. The molecule has 2 atom stereocenters. The number of aromatic nitrogens is 3. The van der Waals surface area contributed by atoms with Gasteiger partial charge < -0.3 is 20.1 Å². The highest BCUT2D eigenvalue weighted by molar-refractivity contribution is 5.97. The van der Waals surface area contributed by atoms with Crippen molar-refractivity contribution in [2.24, 2.45) is 5.92 Å². The van der Waals surface area contributed by atoms with Gasteiger partial charge in [-0.2, -0.15) is 23.1 Å². The van der Waals surface area contributed by atoms with Crippen molar-refractivity contribution < 1.29 is 27.4 Å². The first-order valence-electron chi connectivity index (χ1n) is 13.0. The number of nitrogens with zero attached hydrogens (tertiary/aromatic N) is 4. The largest absolute Gasteiger partial charge is 0.508 e. The molecule has 0 radical (unpaired) electrons. The van der Waals surface area contributed by atoms with Gasteiger partial charge in [0.15, 0.2) is 5.82 Å². The Bertz CT molecular complexity index is 1550. The molecule has 1 aromatic carbocycles. The zero-order valence-electron chi connectivity index (χ0n) is 22.5. The van der Waals surface area contributed by atoms with Crippen molar-refractivity contribution in [3.05, 3.63) is 40.8 Å². The summed E-state index contributed by atoms with van der Waals surface area (Å²) < 4.78 is 65.4. The zero-order valence-corrected chi connectivity index (χ0v) is 22.5. The fraction of sp³-hybridized carbons (Fsp3) is 0.414. The molecule has 2 aliphatic heterocycles. The molecule has 3 aromatic rings. The summed E-state index contributed by atoms with van der Waals surface area (Å²) in [7, 11) is 1.28. The number of hydrogen-bond donors (Lipinski definition) is 2. The fourth-order valence-corrected chi connectivity index (χ4v) is 5.67. The monoisotopic (exact) mass is 555 g/mol. The molecule has 2 saturated heterocycles. The summed E-state index contributed by atoms with van der Waals surface area (Å²) in [6, 6.07) is 2.62. The molecule has 2 bridgehead atoms. The predicted octanol–water partition coefficient (Wildman–Crippen LogP) is 5.64. The number of allylic oxidation sites excluding steroid dienone is 2. The number of benzene rings is 1. The van der Waals surface area contributed by atoms with Crippen molar-refractivity contribution in [1.82, 2.24) is 20.3 Å². The van der Waals surface area contributed by atoms with E-state index in [2.05, 4.69) is 26.2 Å². The Labute approximate surface area is 229 Å². The number of piperazine rings is 1. The van der Waals surface area contributed by atoms with E-state index in [9.17, 15) is 18.3 Å². The maximum absolute atomic E-state index is 15.3. The SMILES string of the molecule is C#C/C(=C(\F)C(C)C)c1c(C)cc(O)cc1-c1cnc2c(N3CC4CC[C@@H](C3)N4)nc(OC)nc2c1C(F)(F)F. The molecule has 2 aromatic heterocycles. The van der Waals surface area contributed by atoms with E-state index >= 15 is 4.39 Å². The average molecular weight is 556 g/mol. The van der Waals surface area contributed by atoms with Crippen LogP contribution >= 0.6 is 0 Å². The molecule has 210 valence electrons. The van der Waals surface area contributed by atoms with Gasteiger partial charge in [0, 0.05) is 48.4 Å². The van der Waals surface area contributed by atoms with E-state index in [1.807, 2.05) is 4.90 Å². The number of phenols is 1. The number of nitrogens with one attached hydrogen (secondary N) is 1. The highest BCUT2D eigenvalue weighted by atomic mass is 19.4. The number of ether oxygens (including phenoxy) is 1. The van der Waals surface area contributed by atoms with Gasteiger partial charge >= 0.3 is 12.2 Å². The summed E-state index contributed by atoms with van der Waals surface area (Å²) in [5, 5.41) is 13.9. The third kappa shape index (κ3) is 4.81. The quantitative estimate of drug-likeness (QED) is 0.311. The number of pyridine rings is 1. The second-order valence-electron chi connectivity index (χ2n) is 10.5. The maximum Gasteiger partial charge on any atom is 0.419 e. The third-order valence-electron chi connectivity index (χ3n) is 7.41. The van der Waals surface area contributed by atoms with Crippen molar-refractivity contribution in [2.45, 2.75) is 51.9 Å². The molecule has 4 heterocycles. The first-order valence-corrected chi connectivity index (χ1v) is 13.0. The lowest BCUT2D eigenvalue weighted by atomic mass is 9.87. The van der Waals surface area contributed by atoms with Gasteiger partial charge in [0.1, 0.15) is 22.6 Å². The molecule has 40 heavy (non-hydrogen) atoms. The second-order valence-corrected chi connectivity index (χ2v) is 10.5. The summed E-state index contributed by atoms with van der Waals surface area (Å²) in [6.07, 6.45) is 3.76. The lowest BCUT2D eigenvalue weighted by Crippen LogP contribution is -2.51. The van der Waals surface area contributed by atoms with Crippen LogP contribution in [0.5, 0.6) is 11.8 Å². The molecule has 7 nitrogen and oxygen atoms in total. The molecular weight excluding hydrogens is 526 g/mol. The van der Waals surface area contributed by atoms with Crippen LogP contribution < -0.4 is 15.0 Å². The number of hydrogen-bond acceptors (Lipinski definition) is 7. The van der Waals surface area contributed by atoms with Crippen LogP contribution in [0.4, 0.5) is 23.4 Å². The van der Waals surface area contributed by atoms with Crippen LogP contribution in [0.15, 0.2) is 24.2 Å². The summed E-state index contributed by atoms with van der Waals surface area (Å²) in [4.78, 5) is 14.9. The molecule has 0 saturated carbocycles. The molecule has 0 aliphatic carbocycles. The smallest absolute Gasteiger partial charge is 0.419 e. The van der Waals surface area contributed by atoms with Crippen LogP contribution in [0.3, 0.4) is 0 Å². The second kappa shape index (κ2) is 10.2. The van der Waals surface area contributed by atoms with E-state index in [0.717, 1.165) is 25.1 Å². The van der Waals surface area contributed by atoms with Gasteiger partial charge in [-0.3, -0.25) is 4.98 Å². The van der Waals surface area contributed by atoms with E-state index < -0.39 is 34.6 Å². The van der Waals surface area contributed by atoms with Crippen molar-refractivity contribution in [2.75, 3.05) is 25.1 Å². The molecule has 2 N–H and O–H groups in total. The Morgan fingerprint density at radius 1 is 1.15 bits per heavy atom. The van der Waals surface area contributed by atoms with E-state index in [0.29, 0.717) is 18.7 Å². The third-order valence-corrected chi connectivity index (χ3v) is 7.41. The van der Waals surface area contributed by atoms with Crippen molar-refractivity contribution >= 4 is 22.4 Å². The van der Waals surface area contributed by atoms with Gasteiger partial charge in [-0.25, -0.2) is 4.39 Å². The minimum Gasteiger partial charge on any atom is -0.508 e. The maximum atomic E-state index is 15.3. The Morgan fingerprint density at radius 2 is 1.82 bits per heavy atom. The first-order chi connectivity index (χ1) is 18.9. The van der Waals surface area contributed by atoms with Crippen molar-refractivity contribution in [3.8, 4) is 35.2 Å². The highest BCUT2D eigenvalue weighted by Gasteiger charge is 2.40. The number of fused-ring (bicyclic) bond motifs is 3. The fourth-order valence-electron chi connectivity index (χ4n) is 5.67. The summed E-state index contributed by atoms with van der Waals surface area (Å²) in [6.45, 7) is 5.84. The number of aryl methyl sites for hydroxylation is 1. The van der Waals surface area contributed by atoms with Crippen LogP contribution in [0, 0.1) is 25.2 Å². The Kier molecular flexibility index (Phi) is 7.08. The van der Waals surface area contributed by atoms with Crippen LogP contribution in [0.1, 0.15) is 43.4 Å². The summed E-state index contributed by atoms with van der Waals surface area (Å²) >= 11 is 0. The topological polar surface area (TPSA) is 83.4 Å². The van der Waals surface area contributed by atoms with Gasteiger partial charge in [0.25, 0.3) is 0 Å². The Morgan fingerprint density at radius 3 is 2.40 bits per heavy atom. The van der Waals surface area contributed by atoms with E-state index in [-0.39, 0.29) is 51.9 Å². The lowest BCUT2D eigenvalue weighted by Gasteiger charge is -2.34. The molecule has 2 fully saturated rings. The number of aromatic hydroxyl groups is 1. The molecule has 2 aliphatic rings. The number of rotatable bonds is 5. The van der Waals surface area contributed by atoms with Gasteiger partial charge in [0.2, 0.25) is 0 Å². The van der Waals surface area contributed by atoms with E-state index in [1.54, 1.807) is 20.8 Å². The van der Waals surface area contributed by atoms with Crippen LogP contribution in [-0.2, 0) is 6.18 Å². The molecule has 0 amide bonds. The Hall–Kier alpha value is -3.91. The molecule has 5 rings (SSSR count). The van der Waals surface area contributed by atoms with Crippen LogP contribution in [0.2, 0.25) is 0 Å². The van der Waals surface area contributed by atoms with E-state index in [1.165, 1.54) is 13.2 Å². The average Bonchev–Trinajstić information content (AvgIpc) is 3.24. The zero-order chi connectivity index (χ0) is 28.9. The normalized spacial score (nSPS) is 19.6. The van der Waals surface area contributed by atoms with Crippen molar-refractivity contribution in [1.29, 1.82) is 0 Å². The number of anilines is 1. The van der Waals surface area contributed by atoms with E-state index in [4.69, 9.17) is 11.2 Å². The minimum absolute atomic E-state index is 0.0299. The Balaban J connectivity index is 1.84. The lowest BCUT2D eigenvalue weighted by molar-refractivity contribution is -0.136. The van der Waals surface area contributed by atoms with Crippen LogP contribution in [0.25, 0.3) is 27.7 Å². The number of phenolic OH excluding ortho intramolecular Hbond substituents is 1. The van der Waals surface area contributed by atoms with Crippen molar-refractivity contribution in [3.63, 3.8) is 0 Å². The number of terminal acetylenes is 1. The number of methoxy groups -OCH3 is 1. The van der Waals surface area contributed by atoms with Crippen LogP contribution in [-0.4, -0.2) is 52.3 Å². The molecule has 0 spiro atoms. The molecular formula is C29H29F4N5O2. The van der Waals surface area contributed by atoms with Gasteiger partial charge in [-0.15, -0.1) is 6.42 Å². The van der Waals surface area contributed by atoms with Gasteiger partial charge in [-0.1, -0.05) is 19.8 Å². The standard InChI is InChI=1S/C29H29F4N5O2/c1-6-19(24(30)14(2)3)22-15(4)9-18(39)10-20(22)21-11-34-26-25(23(21)29(31,32)33)36-28(40-5)37-27(26)38-12-16-7-8-17(13-38)35-16/h1,9-11,14,16-17,35,39H,7-8,12-13H2,2-5H3/b24-19+/t16-,17?/m0/s1. The van der Waals surface area contributed by atoms with Gasteiger partial charge in [-0.05, 0) is 43.0 Å². The number of alkyl halides is 3. The molecule has 11 heteroatoms. The summed E-state index contributed by atoms with van der Waals surface area (Å²) in [5.41, 5.74) is -1.91.